The van der Waals surface area contributed by atoms with E-state index in [4.69, 9.17) is 16.3 Å². The van der Waals surface area contributed by atoms with Gasteiger partial charge in [0.2, 0.25) is 11.0 Å². The lowest BCUT2D eigenvalue weighted by molar-refractivity contribution is 0.164. The van der Waals surface area contributed by atoms with Gasteiger partial charge in [-0.3, -0.25) is 0 Å². The van der Waals surface area contributed by atoms with E-state index in [2.05, 4.69) is 27.0 Å². The van der Waals surface area contributed by atoms with Crippen LogP contribution in [0.4, 0.5) is 5.13 Å². The molecule has 0 aliphatic carbocycles. The molecule has 0 unspecified atom stereocenters. The highest BCUT2D eigenvalue weighted by Crippen LogP contribution is 2.25. The molecule has 0 saturated carbocycles. The van der Waals surface area contributed by atoms with Crippen LogP contribution in [0.2, 0.25) is 5.02 Å². The van der Waals surface area contributed by atoms with E-state index in [1.54, 1.807) is 23.6 Å². The molecule has 0 atom stereocenters. The fraction of sp³-hybridized carbons (Fsp3) is 0.500. The Labute approximate surface area is 132 Å². The lowest BCUT2D eigenvalue weighted by Crippen LogP contribution is -2.38. The van der Waals surface area contributed by atoms with Crippen molar-refractivity contribution in [2.45, 2.75) is 32.3 Å². The molecule has 0 bridgehead atoms. The van der Waals surface area contributed by atoms with Crippen molar-refractivity contribution >= 4 is 28.1 Å². The van der Waals surface area contributed by atoms with Gasteiger partial charge >= 0.3 is 0 Å². The van der Waals surface area contributed by atoms with Gasteiger partial charge in [0.05, 0.1) is 5.02 Å². The molecule has 2 aromatic heterocycles. The summed E-state index contributed by atoms with van der Waals surface area (Å²) in [6.45, 7) is 3.98. The van der Waals surface area contributed by atoms with Crippen LogP contribution in [0.3, 0.4) is 0 Å². The first-order valence-corrected chi connectivity index (χ1v) is 8.29. The number of ether oxygens (including phenoxy) is 1. The van der Waals surface area contributed by atoms with Gasteiger partial charge in [0.15, 0.2) is 0 Å². The molecule has 1 aliphatic rings. The molecule has 0 amide bonds. The minimum atomic E-state index is 0.202. The maximum absolute atomic E-state index is 5.89. The number of piperidine rings is 1. The van der Waals surface area contributed by atoms with Gasteiger partial charge < -0.3 is 9.64 Å². The zero-order valence-electron chi connectivity index (χ0n) is 11.8. The van der Waals surface area contributed by atoms with Crippen molar-refractivity contribution in [1.29, 1.82) is 0 Å². The number of rotatable bonds is 4. The Balaban J connectivity index is 1.54. The molecular weight excluding hydrogens is 308 g/mol. The second-order valence-corrected chi connectivity index (χ2v) is 6.43. The minimum absolute atomic E-state index is 0.202. The van der Waals surface area contributed by atoms with Gasteiger partial charge in [0.1, 0.15) is 11.1 Å². The average Bonchev–Trinajstić information content (AvgIpc) is 2.99. The van der Waals surface area contributed by atoms with E-state index in [1.807, 2.05) is 6.07 Å². The first-order valence-electron chi connectivity index (χ1n) is 7.10. The second-order valence-electron chi connectivity index (χ2n) is 4.95. The van der Waals surface area contributed by atoms with Crippen molar-refractivity contribution in [2.24, 2.45) is 0 Å². The van der Waals surface area contributed by atoms with Gasteiger partial charge in [0.25, 0.3) is 0 Å². The van der Waals surface area contributed by atoms with E-state index in [-0.39, 0.29) is 6.10 Å². The monoisotopic (exact) mass is 324 g/mol. The van der Waals surface area contributed by atoms with E-state index in [9.17, 15) is 0 Å². The molecule has 1 fully saturated rings. The highest BCUT2D eigenvalue weighted by atomic mass is 35.5. The molecule has 1 saturated heterocycles. The van der Waals surface area contributed by atoms with Crippen molar-refractivity contribution in [3.05, 3.63) is 28.4 Å². The Morgan fingerprint density at radius 1 is 1.33 bits per heavy atom. The van der Waals surface area contributed by atoms with Gasteiger partial charge in [-0.2, -0.15) is 0 Å². The summed E-state index contributed by atoms with van der Waals surface area (Å²) in [4.78, 5) is 6.46. The van der Waals surface area contributed by atoms with Crippen molar-refractivity contribution in [1.82, 2.24) is 15.2 Å². The summed E-state index contributed by atoms with van der Waals surface area (Å²) in [5, 5.41) is 11.2. The third-order valence-electron chi connectivity index (χ3n) is 3.46. The first-order chi connectivity index (χ1) is 10.2. The molecule has 2 aromatic rings. The molecule has 0 radical (unpaired) electrons. The molecule has 0 N–H and O–H groups in total. The normalized spacial score (nSPS) is 16.2. The molecule has 5 nitrogen and oxygen atoms in total. The fourth-order valence-corrected chi connectivity index (χ4v) is 3.22. The van der Waals surface area contributed by atoms with Crippen molar-refractivity contribution in [3.8, 4) is 5.88 Å². The van der Waals surface area contributed by atoms with Gasteiger partial charge in [0, 0.05) is 38.2 Å². The van der Waals surface area contributed by atoms with Crippen LogP contribution in [-0.4, -0.2) is 34.4 Å². The molecular formula is C14H17ClN4OS. The molecule has 3 heterocycles. The zero-order valence-corrected chi connectivity index (χ0v) is 13.4. The van der Waals surface area contributed by atoms with Crippen LogP contribution < -0.4 is 9.64 Å². The molecule has 21 heavy (non-hydrogen) atoms. The number of hydrogen-bond acceptors (Lipinski definition) is 6. The van der Waals surface area contributed by atoms with Gasteiger partial charge in [-0.15, -0.1) is 10.2 Å². The van der Waals surface area contributed by atoms with Crippen LogP contribution in [0.25, 0.3) is 0 Å². The van der Waals surface area contributed by atoms with Crippen LogP contribution in [0, 0.1) is 0 Å². The summed E-state index contributed by atoms with van der Waals surface area (Å²) in [6.07, 6.45) is 4.68. The summed E-state index contributed by atoms with van der Waals surface area (Å²) >= 11 is 7.50. The maximum Gasteiger partial charge on any atom is 0.213 e. The largest absolute Gasteiger partial charge is 0.474 e. The van der Waals surface area contributed by atoms with E-state index in [1.165, 1.54) is 0 Å². The van der Waals surface area contributed by atoms with Gasteiger partial charge in [-0.1, -0.05) is 29.9 Å². The van der Waals surface area contributed by atoms with Crippen LogP contribution in [0.5, 0.6) is 5.88 Å². The highest BCUT2D eigenvalue weighted by Gasteiger charge is 2.23. The Bertz CT molecular complexity index is 581. The molecule has 1 aliphatic heterocycles. The molecule has 0 aromatic carbocycles. The number of aryl methyl sites for hydroxylation is 1. The molecule has 3 rings (SSSR count). The summed E-state index contributed by atoms with van der Waals surface area (Å²) in [6, 6.07) is 3.61. The second kappa shape index (κ2) is 6.58. The predicted octanol–water partition coefficient (Wildman–Crippen LogP) is 3.20. The molecule has 112 valence electrons. The highest BCUT2D eigenvalue weighted by molar-refractivity contribution is 7.15. The van der Waals surface area contributed by atoms with Gasteiger partial charge in [-0.05, 0) is 12.5 Å². The standard InChI is InChI=1S/C14H17ClN4OS/c1-2-13-17-18-14(21-13)19-7-5-11(6-8-19)20-12-4-3-10(15)9-16-12/h3-4,9,11H,2,5-8H2,1H3. The maximum atomic E-state index is 5.89. The number of aromatic nitrogens is 3. The fourth-order valence-electron chi connectivity index (χ4n) is 2.28. The Kier molecular flexibility index (Phi) is 4.55. The van der Waals surface area contributed by atoms with Crippen molar-refractivity contribution in [2.75, 3.05) is 18.0 Å². The van der Waals surface area contributed by atoms with E-state index in [0.717, 1.165) is 42.5 Å². The summed E-state index contributed by atoms with van der Waals surface area (Å²) in [7, 11) is 0. The van der Waals surface area contributed by atoms with E-state index < -0.39 is 0 Å². The van der Waals surface area contributed by atoms with Crippen LogP contribution in [0.15, 0.2) is 18.3 Å². The van der Waals surface area contributed by atoms with Crippen LogP contribution in [0.1, 0.15) is 24.8 Å². The lowest BCUT2D eigenvalue weighted by atomic mass is 10.1. The van der Waals surface area contributed by atoms with Crippen LogP contribution >= 0.6 is 22.9 Å². The number of anilines is 1. The number of nitrogens with zero attached hydrogens (tertiary/aromatic N) is 4. The summed E-state index contributed by atoms with van der Waals surface area (Å²) in [5.74, 6) is 0.641. The zero-order chi connectivity index (χ0) is 14.7. The Morgan fingerprint density at radius 2 is 2.14 bits per heavy atom. The number of hydrogen-bond donors (Lipinski definition) is 0. The van der Waals surface area contributed by atoms with E-state index in [0.29, 0.717) is 10.9 Å². The predicted molar refractivity (Wildman–Crippen MR) is 84.4 cm³/mol. The summed E-state index contributed by atoms with van der Waals surface area (Å²) in [5.41, 5.74) is 0. The molecule has 7 heteroatoms. The molecule has 0 spiro atoms. The third-order valence-corrected chi connectivity index (χ3v) is 4.81. The third kappa shape index (κ3) is 3.63. The minimum Gasteiger partial charge on any atom is -0.474 e. The lowest BCUT2D eigenvalue weighted by Gasteiger charge is -2.31. The average molecular weight is 325 g/mol. The number of halogens is 1. The van der Waals surface area contributed by atoms with Crippen molar-refractivity contribution in [3.63, 3.8) is 0 Å². The smallest absolute Gasteiger partial charge is 0.213 e. The topological polar surface area (TPSA) is 51.1 Å². The Hall–Kier alpha value is -1.40. The quantitative estimate of drug-likeness (QED) is 0.864. The summed E-state index contributed by atoms with van der Waals surface area (Å²) < 4.78 is 5.89. The van der Waals surface area contributed by atoms with Crippen LogP contribution in [-0.2, 0) is 6.42 Å². The SMILES string of the molecule is CCc1nnc(N2CCC(Oc3ccc(Cl)cn3)CC2)s1. The van der Waals surface area contributed by atoms with E-state index >= 15 is 0 Å². The first kappa shape index (κ1) is 14.5. The van der Waals surface area contributed by atoms with Gasteiger partial charge in [-0.25, -0.2) is 4.98 Å². The number of pyridine rings is 1. The van der Waals surface area contributed by atoms with Crippen molar-refractivity contribution < 1.29 is 4.74 Å². The Morgan fingerprint density at radius 3 is 2.76 bits per heavy atom.